The van der Waals surface area contributed by atoms with Crippen molar-refractivity contribution in [2.45, 2.75) is 0 Å². The molecular weight excluding hydrogens is 263 g/mol. The van der Waals surface area contributed by atoms with Crippen LogP contribution < -0.4 is 9.31 Å². The number of hydrogen-bond donors (Lipinski definition) is 0. The molecule has 0 saturated carbocycles. The van der Waals surface area contributed by atoms with Gasteiger partial charge in [0, 0.05) is 6.07 Å². The Balaban J connectivity index is 2.06. The van der Waals surface area contributed by atoms with E-state index < -0.39 is 29.0 Å². The Morgan fingerprint density at radius 2 is 1.47 bits per heavy atom. The average Bonchev–Trinajstić information content (AvgIpc) is 2.41. The minimum absolute atomic E-state index is 0.185. The lowest BCUT2D eigenvalue weighted by atomic mass is 10.2. The van der Waals surface area contributed by atoms with E-state index in [2.05, 4.69) is 4.65 Å². The van der Waals surface area contributed by atoms with Crippen molar-refractivity contribution in [2.24, 2.45) is 0 Å². The molecule has 0 aliphatic rings. The Morgan fingerprint density at radius 1 is 0.789 bits per heavy atom. The van der Waals surface area contributed by atoms with Crippen LogP contribution in [0.15, 0.2) is 36.4 Å². The summed E-state index contributed by atoms with van der Waals surface area (Å²) in [5.41, 5.74) is 0. The van der Waals surface area contributed by atoms with Crippen LogP contribution in [0.2, 0.25) is 0 Å². The topological polar surface area (TPSA) is 18.5 Å². The van der Waals surface area contributed by atoms with E-state index in [4.69, 9.17) is 4.65 Å². The number of para-hydroxylation sites is 1. The lowest BCUT2D eigenvalue weighted by Crippen LogP contribution is -2.13. The predicted molar refractivity (Wildman–Crippen MR) is 59.7 cm³/mol. The van der Waals surface area contributed by atoms with Gasteiger partial charge in [0.1, 0.15) is 5.75 Å². The molecule has 0 heterocycles. The quantitative estimate of drug-likeness (QED) is 0.367. The highest BCUT2D eigenvalue weighted by atomic mass is 19.2. The van der Waals surface area contributed by atoms with Gasteiger partial charge in [0.05, 0.1) is 0 Å². The highest BCUT2D eigenvalue weighted by Crippen LogP contribution is 2.25. The van der Waals surface area contributed by atoms with Crippen molar-refractivity contribution in [3.8, 4) is 11.5 Å². The zero-order chi connectivity index (χ0) is 13.8. The second kappa shape index (κ2) is 5.64. The van der Waals surface area contributed by atoms with Gasteiger partial charge < -0.3 is 9.31 Å². The molecule has 2 aromatic carbocycles. The van der Waals surface area contributed by atoms with Gasteiger partial charge in [-0.05, 0) is 12.1 Å². The minimum atomic E-state index is -1.82. The standard InChI is InChI=1S/C12H6BF4O2/c14-8-6-9(15)12(11(17)10(8)16)19-13-18-7-4-2-1-3-5-7/h1-6H. The molecule has 97 valence electrons. The van der Waals surface area contributed by atoms with Crippen molar-refractivity contribution < 1.29 is 26.9 Å². The molecule has 0 spiro atoms. The van der Waals surface area contributed by atoms with Gasteiger partial charge in [0.2, 0.25) is 5.82 Å². The predicted octanol–water partition coefficient (Wildman–Crippen LogP) is 3.24. The SMILES string of the molecule is Fc1cc(F)c(O[B]Oc2ccccc2)c(F)c1F. The van der Waals surface area contributed by atoms with Gasteiger partial charge in [0.25, 0.3) is 0 Å². The lowest BCUT2D eigenvalue weighted by molar-refractivity contribution is 0.375. The number of rotatable bonds is 4. The molecule has 0 aliphatic carbocycles. The van der Waals surface area contributed by atoms with Crippen molar-refractivity contribution >= 4 is 7.69 Å². The van der Waals surface area contributed by atoms with Crippen LogP contribution in [0, 0.1) is 23.3 Å². The fourth-order valence-corrected chi connectivity index (χ4v) is 1.28. The molecule has 2 aromatic rings. The third kappa shape index (κ3) is 2.99. The summed E-state index contributed by atoms with van der Waals surface area (Å²) in [7, 11) is 0.619. The van der Waals surface area contributed by atoms with Crippen LogP contribution in [0.25, 0.3) is 0 Å². The van der Waals surface area contributed by atoms with Crippen molar-refractivity contribution in [1.29, 1.82) is 0 Å². The summed E-state index contributed by atoms with van der Waals surface area (Å²) < 4.78 is 61.3. The molecule has 7 heteroatoms. The van der Waals surface area contributed by atoms with E-state index in [0.29, 0.717) is 13.4 Å². The highest BCUT2D eigenvalue weighted by Gasteiger charge is 2.21. The van der Waals surface area contributed by atoms with Gasteiger partial charge in [-0.2, -0.15) is 4.39 Å². The molecule has 0 fully saturated rings. The minimum Gasteiger partial charge on any atom is -0.526 e. The van der Waals surface area contributed by atoms with Gasteiger partial charge in [-0.3, -0.25) is 0 Å². The zero-order valence-corrected chi connectivity index (χ0v) is 9.37. The van der Waals surface area contributed by atoms with Gasteiger partial charge in [-0.25, -0.2) is 13.2 Å². The summed E-state index contributed by atoms with van der Waals surface area (Å²) in [6, 6.07) is 8.39. The molecule has 0 amide bonds. The third-order valence-electron chi connectivity index (χ3n) is 2.17. The number of benzene rings is 2. The molecule has 19 heavy (non-hydrogen) atoms. The van der Waals surface area contributed by atoms with Crippen LogP contribution in [-0.2, 0) is 0 Å². The molecule has 0 unspecified atom stereocenters. The van der Waals surface area contributed by atoms with Crippen molar-refractivity contribution in [3.05, 3.63) is 59.7 Å². The summed E-state index contributed by atoms with van der Waals surface area (Å²) in [6.45, 7) is 0. The van der Waals surface area contributed by atoms with E-state index in [-0.39, 0.29) is 6.07 Å². The molecule has 0 aliphatic heterocycles. The van der Waals surface area contributed by atoms with Crippen molar-refractivity contribution in [3.63, 3.8) is 0 Å². The molecule has 2 nitrogen and oxygen atoms in total. The van der Waals surface area contributed by atoms with E-state index in [1.165, 1.54) is 0 Å². The van der Waals surface area contributed by atoms with Gasteiger partial charge in [-0.1, -0.05) is 18.2 Å². The second-order valence-electron chi connectivity index (χ2n) is 3.44. The van der Waals surface area contributed by atoms with Crippen LogP contribution in [0.4, 0.5) is 17.6 Å². The second-order valence-corrected chi connectivity index (χ2v) is 3.44. The Bertz CT molecular complexity index is 578. The average molecular weight is 269 g/mol. The van der Waals surface area contributed by atoms with E-state index in [1.807, 2.05) is 0 Å². The van der Waals surface area contributed by atoms with Crippen molar-refractivity contribution in [2.75, 3.05) is 0 Å². The van der Waals surface area contributed by atoms with E-state index in [9.17, 15) is 17.6 Å². The van der Waals surface area contributed by atoms with Crippen LogP contribution in [0.1, 0.15) is 0 Å². The molecule has 0 atom stereocenters. The fourth-order valence-electron chi connectivity index (χ4n) is 1.28. The molecule has 1 radical (unpaired) electrons. The number of hydrogen-bond acceptors (Lipinski definition) is 2. The first-order valence-corrected chi connectivity index (χ1v) is 5.12. The normalized spacial score (nSPS) is 10.1. The van der Waals surface area contributed by atoms with E-state index in [1.54, 1.807) is 30.3 Å². The summed E-state index contributed by atoms with van der Waals surface area (Å²) in [4.78, 5) is 0. The Hall–Kier alpha value is -2.18. The van der Waals surface area contributed by atoms with Crippen LogP contribution in [-0.4, -0.2) is 7.69 Å². The van der Waals surface area contributed by atoms with Crippen molar-refractivity contribution in [1.82, 2.24) is 0 Å². The Labute approximate surface area is 106 Å². The lowest BCUT2D eigenvalue weighted by Gasteiger charge is -2.08. The summed E-state index contributed by atoms with van der Waals surface area (Å²) in [5, 5.41) is 0. The van der Waals surface area contributed by atoms with Crippen LogP contribution in [0.5, 0.6) is 11.5 Å². The van der Waals surface area contributed by atoms with Gasteiger partial charge >= 0.3 is 7.69 Å². The fraction of sp³-hybridized carbons (Fsp3) is 0. The molecule has 2 rings (SSSR count). The van der Waals surface area contributed by atoms with E-state index in [0.717, 1.165) is 0 Å². The summed E-state index contributed by atoms with van der Waals surface area (Å²) in [6.07, 6.45) is 0. The highest BCUT2D eigenvalue weighted by molar-refractivity contribution is 6.20. The first-order chi connectivity index (χ1) is 9.09. The summed E-state index contributed by atoms with van der Waals surface area (Å²) in [5.74, 6) is -7.30. The summed E-state index contributed by atoms with van der Waals surface area (Å²) >= 11 is 0. The maximum atomic E-state index is 13.2. The Kier molecular flexibility index (Phi) is 3.94. The first-order valence-electron chi connectivity index (χ1n) is 5.12. The van der Waals surface area contributed by atoms with Gasteiger partial charge in [0.15, 0.2) is 23.2 Å². The molecular formula is C12H6BF4O2. The maximum absolute atomic E-state index is 13.2. The molecule has 0 N–H and O–H groups in total. The molecule has 0 aromatic heterocycles. The van der Waals surface area contributed by atoms with E-state index >= 15 is 0 Å². The number of halogens is 4. The third-order valence-corrected chi connectivity index (χ3v) is 2.17. The Morgan fingerprint density at radius 3 is 2.16 bits per heavy atom. The monoisotopic (exact) mass is 269 g/mol. The first kappa shape index (κ1) is 13.3. The molecule has 0 saturated heterocycles. The van der Waals surface area contributed by atoms with Crippen LogP contribution in [0.3, 0.4) is 0 Å². The molecule has 0 bridgehead atoms. The largest absolute Gasteiger partial charge is 0.658 e. The smallest absolute Gasteiger partial charge is 0.526 e. The zero-order valence-electron chi connectivity index (χ0n) is 9.37. The van der Waals surface area contributed by atoms with Gasteiger partial charge in [-0.15, -0.1) is 0 Å². The van der Waals surface area contributed by atoms with Crippen LogP contribution >= 0.6 is 0 Å². The maximum Gasteiger partial charge on any atom is 0.658 e.